The number of nitrogens with zero attached hydrogens (tertiary/aromatic N) is 2. The first kappa shape index (κ1) is 13.8. The highest BCUT2D eigenvalue weighted by atomic mass is 32.1. The van der Waals surface area contributed by atoms with Gasteiger partial charge in [0.1, 0.15) is 0 Å². The van der Waals surface area contributed by atoms with Crippen LogP contribution < -0.4 is 10.9 Å². The van der Waals surface area contributed by atoms with Crippen LogP contribution in [0.2, 0.25) is 0 Å². The van der Waals surface area contributed by atoms with Crippen LogP contribution >= 0.6 is 11.3 Å². The number of hydrogen-bond donors (Lipinski definition) is 1. The van der Waals surface area contributed by atoms with Gasteiger partial charge in [0.2, 0.25) is 0 Å². The van der Waals surface area contributed by atoms with Gasteiger partial charge in [-0.2, -0.15) is 0 Å². The number of fused-ring (bicyclic) bond motifs is 1. The summed E-state index contributed by atoms with van der Waals surface area (Å²) in [5, 5.41) is 5.30. The highest BCUT2D eigenvalue weighted by Gasteiger charge is 2.06. The largest absolute Gasteiger partial charge is 0.379 e. The van der Waals surface area contributed by atoms with Gasteiger partial charge in [-0.05, 0) is 32.4 Å². The minimum atomic E-state index is -0.0174. The monoisotopic (exact) mass is 299 g/mol. The van der Waals surface area contributed by atoms with Crippen LogP contribution in [0, 0.1) is 20.8 Å². The standard InChI is InChI=1S/C16H17N3OS/c1-10-4-5-14(11(2)6-10)17-8-13-7-15(20)19-12(3)9-21-16(19)18-13/h4-7,9,17H,8H2,1-3H3. The number of thiazole rings is 1. The Bertz CT molecular complexity index is 864. The normalized spacial score (nSPS) is 11.0. The van der Waals surface area contributed by atoms with Crippen LogP contribution in [0.5, 0.6) is 0 Å². The second kappa shape index (κ2) is 5.33. The van der Waals surface area contributed by atoms with Gasteiger partial charge in [-0.3, -0.25) is 9.20 Å². The molecule has 0 atom stereocenters. The summed E-state index contributed by atoms with van der Waals surface area (Å²) < 4.78 is 1.64. The molecule has 1 N–H and O–H groups in total. The van der Waals surface area contributed by atoms with Crippen molar-refractivity contribution >= 4 is 22.0 Å². The van der Waals surface area contributed by atoms with Crippen molar-refractivity contribution in [3.8, 4) is 0 Å². The van der Waals surface area contributed by atoms with E-state index < -0.39 is 0 Å². The summed E-state index contributed by atoms with van der Waals surface area (Å²) in [7, 11) is 0. The van der Waals surface area contributed by atoms with Crippen molar-refractivity contribution in [3.05, 3.63) is 62.5 Å². The summed E-state index contributed by atoms with van der Waals surface area (Å²) in [5.41, 5.74) is 5.19. The number of nitrogens with one attached hydrogen (secondary N) is 1. The molecule has 2 heterocycles. The Morgan fingerprint density at radius 3 is 2.81 bits per heavy atom. The zero-order valence-corrected chi connectivity index (χ0v) is 13.1. The van der Waals surface area contributed by atoms with Gasteiger partial charge >= 0.3 is 0 Å². The van der Waals surface area contributed by atoms with Crippen LogP contribution in [0.15, 0.2) is 34.4 Å². The van der Waals surface area contributed by atoms with Gasteiger partial charge in [-0.15, -0.1) is 11.3 Å². The van der Waals surface area contributed by atoms with E-state index in [0.717, 1.165) is 22.0 Å². The summed E-state index contributed by atoms with van der Waals surface area (Å²) in [6, 6.07) is 7.87. The molecule has 3 aromatic rings. The third-order valence-corrected chi connectivity index (χ3v) is 4.41. The Morgan fingerprint density at radius 1 is 1.24 bits per heavy atom. The summed E-state index contributed by atoms with van der Waals surface area (Å²) in [5.74, 6) is 0. The molecule has 0 unspecified atom stereocenters. The van der Waals surface area contributed by atoms with Crippen molar-refractivity contribution in [2.45, 2.75) is 27.3 Å². The predicted octanol–water partition coefficient (Wildman–Crippen LogP) is 3.29. The number of aryl methyl sites for hydroxylation is 3. The van der Waals surface area contributed by atoms with Crippen molar-refractivity contribution in [2.24, 2.45) is 0 Å². The first-order valence-electron chi connectivity index (χ1n) is 6.82. The molecule has 0 aliphatic rings. The lowest BCUT2D eigenvalue weighted by molar-refractivity contribution is 0.964. The molecule has 0 radical (unpaired) electrons. The molecule has 21 heavy (non-hydrogen) atoms. The van der Waals surface area contributed by atoms with E-state index in [1.807, 2.05) is 12.3 Å². The SMILES string of the molecule is Cc1ccc(NCc2cc(=O)n3c(C)csc3n2)c(C)c1. The van der Waals surface area contributed by atoms with Crippen LogP contribution in [-0.4, -0.2) is 9.38 Å². The molecule has 0 fully saturated rings. The number of rotatable bonds is 3. The van der Waals surface area contributed by atoms with Gasteiger partial charge < -0.3 is 5.32 Å². The Hall–Kier alpha value is -2.14. The van der Waals surface area contributed by atoms with E-state index in [1.54, 1.807) is 10.5 Å². The molecule has 2 aromatic heterocycles. The second-order valence-electron chi connectivity index (χ2n) is 5.25. The van der Waals surface area contributed by atoms with Gasteiger partial charge in [0.15, 0.2) is 4.96 Å². The van der Waals surface area contributed by atoms with E-state index in [2.05, 4.69) is 42.3 Å². The zero-order valence-electron chi connectivity index (χ0n) is 12.3. The van der Waals surface area contributed by atoms with Crippen molar-refractivity contribution in [1.82, 2.24) is 9.38 Å². The van der Waals surface area contributed by atoms with Crippen molar-refractivity contribution in [3.63, 3.8) is 0 Å². The molecule has 3 rings (SSSR count). The first-order valence-corrected chi connectivity index (χ1v) is 7.70. The molecule has 0 aliphatic heterocycles. The fourth-order valence-corrected chi connectivity index (χ4v) is 3.28. The smallest absolute Gasteiger partial charge is 0.259 e. The average molecular weight is 299 g/mol. The number of hydrogen-bond acceptors (Lipinski definition) is 4. The van der Waals surface area contributed by atoms with Crippen molar-refractivity contribution in [1.29, 1.82) is 0 Å². The molecule has 0 saturated heterocycles. The Balaban J connectivity index is 1.87. The Morgan fingerprint density at radius 2 is 2.05 bits per heavy atom. The summed E-state index contributed by atoms with van der Waals surface area (Å²) in [4.78, 5) is 17.4. The average Bonchev–Trinajstić information content (AvgIpc) is 2.80. The molecule has 108 valence electrons. The van der Waals surface area contributed by atoms with E-state index in [4.69, 9.17) is 0 Å². The maximum Gasteiger partial charge on any atom is 0.259 e. The lowest BCUT2D eigenvalue weighted by atomic mass is 10.1. The Kier molecular flexibility index (Phi) is 3.51. The molecule has 0 bridgehead atoms. The maximum absolute atomic E-state index is 12.1. The van der Waals surface area contributed by atoms with E-state index >= 15 is 0 Å². The minimum absolute atomic E-state index is 0.0174. The van der Waals surface area contributed by atoms with Gasteiger partial charge in [-0.1, -0.05) is 17.7 Å². The highest BCUT2D eigenvalue weighted by Crippen LogP contribution is 2.17. The van der Waals surface area contributed by atoms with Crippen LogP contribution in [0.4, 0.5) is 5.69 Å². The van der Waals surface area contributed by atoms with Gasteiger partial charge in [0.25, 0.3) is 5.56 Å². The lowest BCUT2D eigenvalue weighted by Crippen LogP contribution is -2.16. The van der Waals surface area contributed by atoms with Crippen LogP contribution in [0.3, 0.4) is 0 Å². The van der Waals surface area contributed by atoms with Crippen molar-refractivity contribution in [2.75, 3.05) is 5.32 Å². The minimum Gasteiger partial charge on any atom is -0.379 e. The maximum atomic E-state index is 12.1. The summed E-state index contributed by atoms with van der Waals surface area (Å²) in [6.07, 6.45) is 0. The Labute approximate surface area is 127 Å². The molecule has 0 amide bonds. The lowest BCUT2D eigenvalue weighted by Gasteiger charge is -2.10. The molecular weight excluding hydrogens is 282 g/mol. The van der Waals surface area contributed by atoms with E-state index in [1.165, 1.54) is 22.5 Å². The molecule has 5 heteroatoms. The third kappa shape index (κ3) is 2.69. The first-order chi connectivity index (χ1) is 10.0. The van der Waals surface area contributed by atoms with E-state index in [9.17, 15) is 4.79 Å². The predicted molar refractivity (Wildman–Crippen MR) is 87.3 cm³/mol. The second-order valence-corrected chi connectivity index (χ2v) is 6.09. The number of benzene rings is 1. The topological polar surface area (TPSA) is 46.4 Å². The molecule has 1 aromatic carbocycles. The van der Waals surface area contributed by atoms with E-state index in [0.29, 0.717) is 6.54 Å². The van der Waals surface area contributed by atoms with Crippen molar-refractivity contribution < 1.29 is 0 Å². The highest BCUT2D eigenvalue weighted by molar-refractivity contribution is 7.15. The summed E-state index contributed by atoms with van der Waals surface area (Å²) >= 11 is 1.49. The zero-order chi connectivity index (χ0) is 15.0. The molecule has 0 aliphatic carbocycles. The van der Waals surface area contributed by atoms with Crippen LogP contribution in [0.25, 0.3) is 4.96 Å². The van der Waals surface area contributed by atoms with Crippen LogP contribution in [0.1, 0.15) is 22.5 Å². The van der Waals surface area contributed by atoms with Gasteiger partial charge in [0, 0.05) is 22.8 Å². The molecular formula is C16H17N3OS. The fourth-order valence-electron chi connectivity index (χ4n) is 2.39. The third-order valence-electron chi connectivity index (χ3n) is 3.47. The van der Waals surface area contributed by atoms with Gasteiger partial charge in [0.05, 0.1) is 12.2 Å². The van der Waals surface area contributed by atoms with Crippen LogP contribution in [-0.2, 0) is 6.54 Å². The molecule has 0 spiro atoms. The van der Waals surface area contributed by atoms with E-state index in [-0.39, 0.29) is 5.56 Å². The summed E-state index contributed by atoms with van der Waals surface area (Å²) in [6.45, 7) is 6.61. The number of aromatic nitrogens is 2. The molecule has 0 saturated carbocycles. The fraction of sp³-hybridized carbons (Fsp3) is 0.250. The van der Waals surface area contributed by atoms with Gasteiger partial charge in [-0.25, -0.2) is 4.98 Å². The number of anilines is 1. The quantitative estimate of drug-likeness (QED) is 0.807. The molecule has 4 nitrogen and oxygen atoms in total.